The number of benzene rings is 1. The van der Waals surface area contributed by atoms with Crippen molar-refractivity contribution in [2.24, 2.45) is 0 Å². The number of H-pyrrole nitrogens is 1. The van der Waals surface area contributed by atoms with E-state index in [1.165, 1.54) is 16.0 Å². The summed E-state index contributed by atoms with van der Waals surface area (Å²) in [4.78, 5) is 33.0. The van der Waals surface area contributed by atoms with E-state index in [0.717, 1.165) is 17.0 Å². The first-order valence-corrected chi connectivity index (χ1v) is 10.3. The second kappa shape index (κ2) is 8.23. The van der Waals surface area contributed by atoms with Crippen LogP contribution in [0.15, 0.2) is 46.6 Å². The number of nitrogens with one attached hydrogen (secondary N) is 2. The van der Waals surface area contributed by atoms with Crippen molar-refractivity contribution in [1.29, 1.82) is 0 Å². The summed E-state index contributed by atoms with van der Waals surface area (Å²) in [6.45, 7) is 3.57. The molecule has 2 N–H and O–H groups in total. The van der Waals surface area contributed by atoms with E-state index in [1.807, 2.05) is 24.4 Å². The van der Waals surface area contributed by atoms with E-state index in [-0.39, 0.29) is 22.9 Å². The van der Waals surface area contributed by atoms with Gasteiger partial charge in [-0.3, -0.25) is 14.6 Å². The zero-order chi connectivity index (χ0) is 22.1. The van der Waals surface area contributed by atoms with Crippen molar-refractivity contribution in [2.45, 2.75) is 20.3 Å². The van der Waals surface area contributed by atoms with Crippen LogP contribution in [0, 0.1) is 18.6 Å². The highest BCUT2D eigenvalue weighted by Crippen LogP contribution is 2.27. The molecular weight excluding hydrogens is 424 g/mol. The van der Waals surface area contributed by atoms with Crippen molar-refractivity contribution in [3.05, 3.63) is 80.6 Å². The average molecular weight is 441 g/mol. The molecule has 4 rings (SSSR count). The Labute approximate surface area is 179 Å². The monoisotopic (exact) mass is 441 g/mol. The van der Waals surface area contributed by atoms with E-state index in [0.29, 0.717) is 29.4 Å². The van der Waals surface area contributed by atoms with E-state index in [4.69, 9.17) is 0 Å². The Kier molecular flexibility index (Phi) is 5.47. The molecule has 0 unspecified atom stereocenters. The number of carbonyl (C=O) groups excluding carboxylic acids is 1. The lowest BCUT2D eigenvalue weighted by Gasteiger charge is -2.10. The summed E-state index contributed by atoms with van der Waals surface area (Å²) in [6, 6.07) is 7.98. The first-order chi connectivity index (χ1) is 14.9. The summed E-state index contributed by atoms with van der Waals surface area (Å²) in [7, 11) is 0. The summed E-state index contributed by atoms with van der Waals surface area (Å²) in [5.41, 5.74) is 0.986. The van der Waals surface area contributed by atoms with Gasteiger partial charge in [-0.2, -0.15) is 9.78 Å². The molecule has 158 valence electrons. The quantitative estimate of drug-likeness (QED) is 0.488. The van der Waals surface area contributed by atoms with Crippen molar-refractivity contribution >= 4 is 23.1 Å². The fourth-order valence-corrected chi connectivity index (χ4v) is 3.83. The van der Waals surface area contributed by atoms with Crippen LogP contribution in [0.3, 0.4) is 0 Å². The van der Waals surface area contributed by atoms with E-state index in [1.54, 1.807) is 13.0 Å². The average Bonchev–Trinajstić information content (AvgIpc) is 3.37. The molecule has 0 aliphatic heterocycles. The highest BCUT2D eigenvalue weighted by molar-refractivity contribution is 7.13. The highest BCUT2D eigenvalue weighted by Gasteiger charge is 2.19. The largest absolute Gasteiger partial charge is 0.306 e. The maximum atomic E-state index is 14.1. The van der Waals surface area contributed by atoms with E-state index in [9.17, 15) is 18.4 Å². The maximum Gasteiger partial charge on any atom is 0.259 e. The molecule has 0 bridgehead atoms. The molecule has 0 aliphatic rings. The Bertz CT molecular complexity index is 1330. The third-order valence-corrected chi connectivity index (χ3v) is 5.56. The Balaban J connectivity index is 1.80. The SMILES string of the molecule is CCc1c(C)nc(-n2nc(-c3cccs3)cc2NC(=O)c2ccc(F)cc2F)[nH]c1=O. The van der Waals surface area contributed by atoms with Crippen molar-refractivity contribution < 1.29 is 13.6 Å². The normalized spacial score (nSPS) is 11.0. The van der Waals surface area contributed by atoms with Gasteiger partial charge in [-0.15, -0.1) is 11.3 Å². The fourth-order valence-electron chi connectivity index (χ4n) is 3.15. The topological polar surface area (TPSA) is 92.7 Å². The molecule has 0 aliphatic carbocycles. The van der Waals surface area contributed by atoms with Crippen LogP contribution in [0.2, 0.25) is 0 Å². The summed E-state index contributed by atoms with van der Waals surface area (Å²) < 4.78 is 28.5. The highest BCUT2D eigenvalue weighted by atomic mass is 32.1. The van der Waals surface area contributed by atoms with Gasteiger partial charge in [0.05, 0.1) is 10.4 Å². The summed E-state index contributed by atoms with van der Waals surface area (Å²) in [5, 5.41) is 8.92. The Morgan fingerprint density at radius 3 is 2.71 bits per heavy atom. The Hall–Kier alpha value is -3.66. The summed E-state index contributed by atoms with van der Waals surface area (Å²) >= 11 is 1.44. The third-order valence-electron chi connectivity index (χ3n) is 4.66. The molecular formula is C21H17F2N5O2S. The van der Waals surface area contributed by atoms with Crippen molar-refractivity contribution in [2.75, 3.05) is 5.32 Å². The first-order valence-electron chi connectivity index (χ1n) is 9.38. The van der Waals surface area contributed by atoms with Crippen LogP contribution in [0.25, 0.3) is 16.5 Å². The van der Waals surface area contributed by atoms with Gasteiger partial charge >= 0.3 is 0 Å². The predicted molar refractivity (Wildman–Crippen MR) is 114 cm³/mol. The van der Waals surface area contributed by atoms with E-state index < -0.39 is 17.5 Å². The van der Waals surface area contributed by atoms with Crippen LogP contribution in [-0.2, 0) is 6.42 Å². The molecule has 7 nitrogen and oxygen atoms in total. The zero-order valence-corrected chi connectivity index (χ0v) is 17.4. The lowest BCUT2D eigenvalue weighted by atomic mass is 10.2. The number of amides is 1. The van der Waals surface area contributed by atoms with E-state index in [2.05, 4.69) is 20.4 Å². The standard InChI is InChI=1S/C21H17F2N5O2S/c1-3-13-11(2)24-21(26-19(13)29)28-18(10-16(27-28)17-5-4-8-31-17)25-20(30)14-7-6-12(22)9-15(14)23/h4-10H,3H2,1-2H3,(H,25,30)(H,24,26,29). The number of anilines is 1. The molecule has 0 atom stereocenters. The Morgan fingerprint density at radius 2 is 2.06 bits per heavy atom. The number of rotatable bonds is 5. The molecule has 31 heavy (non-hydrogen) atoms. The van der Waals surface area contributed by atoms with Crippen LogP contribution < -0.4 is 10.9 Å². The number of carbonyl (C=O) groups is 1. The zero-order valence-electron chi connectivity index (χ0n) is 16.6. The molecule has 3 heterocycles. The van der Waals surface area contributed by atoms with Crippen LogP contribution in [0.5, 0.6) is 0 Å². The molecule has 1 aromatic carbocycles. The lowest BCUT2D eigenvalue weighted by Crippen LogP contribution is -2.22. The van der Waals surface area contributed by atoms with Gasteiger partial charge in [-0.05, 0) is 36.9 Å². The van der Waals surface area contributed by atoms with Gasteiger partial charge in [0, 0.05) is 23.4 Å². The second-order valence-corrected chi connectivity index (χ2v) is 7.64. The lowest BCUT2D eigenvalue weighted by molar-refractivity contribution is 0.102. The number of aromatic amines is 1. The van der Waals surface area contributed by atoms with Gasteiger partial charge in [0.15, 0.2) is 0 Å². The van der Waals surface area contributed by atoms with Gasteiger partial charge in [0.25, 0.3) is 11.5 Å². The van der Waals surface area contributed by atoms with Gasteiger partial charge in [0.1, 0.15) is 23.1 Å². The molecule has 4 aromatic rings. The maximum absolute atomic E-state index is 14.1. The van der Waals surface area contributed by atoms with E-state index >= 15 is 0 Å². The molecule has 0 radical (unpaired) electrons. The minimum Gasteiger partial charge on any atom is -0.306 e. The van der Waals surface area contributed by atoms with Crippen LogP contribution in [0.1, 0.15) is 28.5 Å². The molecule has 3 aromatic heterocycles. The smallest absolute Gasteiger partial charge is 0.259 e. The van der Waals surface area contributed by atoms with Crippen molar-refractivity contribution in [1.82, 2.24) is 19.7 Å². The fraction of sp³-hybridized carbons (Fsp3) is 0.143. The number of aromatic nitrogens is 4. The molecule has 0 saturated carbocycles. The Morgan fingerprint density at radius 1 is 1.26 bits per heavy atom. The van der Waals surface area contributed by atoms with Crippen molar-refractivity contribution in [3.8, 4) is 16.5 Å². The number of nitrogens with zero attached hydrogens (tertiary/aromatic N) is 3. The van der Waals surface area contributed by atoms with Gasteiger partial charge in [-0.1, -0.05) is 13.0 Å². The molecule has 10 heteroatoms. The third kappa shape index (κ3) is 4.02. The second-order valence-electron chi connectivity index (χ2n) is 6.69. The summed E-state index contributed by atoms with van der Waals surface area (Å²) in [5.74, 6) is -2.29. The van der Waals surface area contributed by atoms with Gasteiger partial charge < -0.3 is 5.32 Å². The van der Waals surface area contributed by atoms with Gasteiger partial charge in [0.2, 0.25) is 5.95 Å². The number of hydrogen-bond donors (Lipinski definition) is 2. The molecule has 0 spiro atoms. The minimum absolute atomic E-state index is 0.109. The molecule has 0 fully saturated rings. The van der Waals surface area contributed by atoms with Crippen LogP contribution in [0.4, 0.5) is 14.6 Å². The van der Waals surface area contributed by atoms with Crippen molar-refractivity contribution in [3.63, 3.8) is 0 Å². The van der Waals surface area contributed by atoms with Crippen LogP contribution >= 0.6 is 11.3 Å². The number of thiophene rings is 1. The van der Waals surface area contributed by atoms with Crippen LogP contribution in [-0.4, -0.2) is 25.7 Å². The summed E-state index contributed by atoms with van der Waals surface area (Å²) in [6.07, 6.45) is 0.515. The first kappa shape index (κ1) is 20.6. The number of hydrogen-bond acceptors (Lipinski definition) is 5. The molecule has 1 amide bonds. The van der Waals surface area contributed by atoms with Gasteiger partial charge in [-0.25, -0.2) is 13.8 Å². The molecule has 0 saturated heterocycles. The predicted octanol–water partition coefficient (Wildman–Crippen LogP) is 4.09. The number of halogens is 2. The number of aryl methyl sites for hydroxylation is 1. The minimum atomic E-state index is -0.989.